The number of hydrogen-bond donors (Lipinski definition) is 0. The van der Waals surface area contributed by atoms with Gasteiger partial charge in [0.1, 0.15) is 0 Å². The topological polar surface area (TPSA) is 56.3 Å². The minimum absolute atomic E-state index is 0.0596. The van der Waals surface area contributed by atoms with Crippen molar-refractivity contribution in [2.45, 2.75) is 6.92 Å². The fourth-order valence-corrected chi connectivity index (χ4v) is 1.38. The molecule has 0 fully saturated rings. The highest BCUT2D eigenvalue weighted by Gasteiger charge is 2.24. The summed E-state index contributed by atoms with van der Waals surface area (Å²) in [5.41, 5.74) is -0.407. The summed E-state index contributed by atoms with van der Waals surface area (Å²) in [6.45, 7) is 1.61. The van der Waals surface area contributed by atoms with Crippen molar-refractivity contribution in [1.29, 1.82) is 0 Å². The van der Waals surface area contributed by atoms with Gasteiger partial charge in [-0.3, -0.25) is 4.79 Å². The normalized spacial score (nSPS) is 9.80. The van der Waals surface area contributed by atoms with Gasteiger partial charge in [-0.25, -0.2) is 9.78 Å². The number of ether oxygens (including phenoxy) is 1. The number of ketones is 1. The van der Waals surface area contributed by atoms with Crippen LogP contribution in [0.3, 0.4) is 0 Å². The van der Waals surface area contributed by atoms with Crippen LogP contribution in [0.5, 0.6) is 0 Å². The van der Waals surface area contributed by atoms with Gasteiger partial charge in [0, 0.05) is 10.7 Å². The van der Waals surface area contributed by atoms with Crippen LogP contribution in [0, 0.1) is 5.95 Å². The number of carbonyl (C=O) groups excluding carboxylic acids is 2. The highest BCUT2D eigenvalue weighted by Crippen LogP contribution is 2.18. The Kier molecular flexibility index (Phi) is 3.90. The van der Waals surface area contributed by atoms with Gasteiger partial charge in [0.15, 0.2) is 0 Å². The van der Waals surface area contributed by atoms with Crippen molar-refractivity contribution in [3.05, 3.63) is 28.2 Å². The van der Waals surface area contributed by atoms with Gasteiger partial charge in [-0.2, -0.15) is 4.39 Å². The van der Waals surface area contributed by atoms with Crippen LogP contribution in [-0.4, -0.2) is 23.3 Å². The zero-order chi connectivity index (χ0) is 11.4. The molecular formula is C9H7BrFNO3. The van der Waals surface area contributed by atoms with E-state index in [4.69, 9.17) is 0 Å². The van der Waals surface area contributed by atoms with Crippen LogP contribution in [0.25, 0.3) is 0 Å². The van der Waals surface area contributed by atoms with Gasteiger partial charge >= 0.3 is 5.97 Å². The summed E-state index contributed by atoms with van der Waals surface area (Å²) < 4.78 is 17.8. The molecule has 15 heavy (non-hydrogen) atoms. The summed E-state index contributed by atoms with van der Waals surface area (Å²) in [5.74, 6) is -3.14. The Balaban J connectivity index is 3.06. The van der Waals surface area contributed by atoms with Crippen molar-refractivity contribution in [3.63, 3.8) is 0 Å². The first-order valence-corrected chi connectivity index (χ1v) is 4.88. The maximum Gasteiger partial charge on any atom is 0.379 e. The molecule has 80 valence electrons. The largest absolute Gasteiger partial charge is 0.460 e. The quantitative estimate of drug-likeness (QED) is 0.365. The number of pyridine rings is 1. The molecule has 0 aliphatic rings. The Morgan fingerprint density at radius 1 is 1.60 bits per heavy atom. The molecule has 0 amide bonds. The number of hydrogen-bond acceptors (Lipinski definition) is 4. The highest BCUT2D eigenvalue weighted by atomic mass is 79.9. The number of nitrogens with zero attached hydrogens (tertiary/aromatic N) is 1. The third-order valence-electron chi connectivity index (χ3n) is 1.54. The first-order valence-electron chi connectivity index (χ1n) is 4.09. The molecule has 0 unspecified atom stereocenters. The Hall–Kier alpha value is -1.30. The molecule has 0 N–H and O–H groups in total. The SMILES string of the molecule is CCOC(=O)C(=O)c1c(Br)ccnc1F. The fourth-order valence-electron chi connectivity index (χ4n) is 0.915. The van der Waals surface area contributed by atoms with Crippen LogP contribution in [0.1, 0.15) is 17.3 Å². The van der Waals surface area contributed by atoms with Crippen molar-refractivity contribution in [3.8, 4) is 0 Å². The maximum atomic E-state index is 13.1. The minimum Gasteiger partial charge on any atom is -0.460 e. The van der Waals surface area contributed by atoms with Gasteiger partial charge in [0.05, 0.1) is 12.2 Å². The van der Waals surface area contributed by atoms with E-state index in [1.165, 1.54) is 12.3 Å². The molecule has 0 atom stereocenters. The standard InChI is InChI=1S/C9H7BrFNO3/c1-2-15-9(14)7(13)6-5(10)3-4-12-8(6)11/h3-4H,2H2,1H3. The number of halogens is 2. The Labute approximate surface area is 93.6 Å². The first-order chi connectivity index (χ1) is 7.07. The van der Waals surface area contributed by atoms with Gasteiger partial charge in [0.25, 0.3) is 5.78 Å². The van der Waals surface area contributed by atoms with Crippen LogP contribution in [-0.2, 0) is 9.53 Å². The Bertz CT molecular complexity index is 388. The third kappa shape index (κ3) is 2.59. The van der Waals surface area contributed by atoms with E-state index in [1.807, 2.05) is 0 Å². The second-order valence-corrected chi connectivity index (χ2v) is 3.36. The van der Waals surface area contributed by atoms with Crippen LogP contribution < -0.4 is 0 Å². The van der Waals surface area contributed by atoms with E-state index in [0.29, 0.717) is 0 Å². The molecule has 1 rings (SSSR count). The van der Waals surface area contributed by atoms with Crippen molar-refractivity contribution in [2.24, 2.45) is 0 Å². The Morgan fingerprint density at radius 2 is 2.27 bits per heavy atom. The zero-order valence-electron chi connectivity index (χ0n) is 7.79. The van der Waals surface area contributed by atoms with Gasteiger partial charge in [0.2, 0.25) is 5.95 Å². The van der Waals surface area contributed by atoms with Crippen LogP contribution in [0.4, 0.5) is 4.39 Å². The summed E-state index contributed by atoms with van der Waals surface area (Å²) in [7, 11) is 0. The van der Waals surface area contributed by atoms with Crippen LogP contribution >= 0.6 is 15.9 Å². The number of esters is 1. The molecule has 1 aromatic rings. The van der Waals surface area contributed by atoms with E-state index in [0.717, 1.165) is 0 Å². The summed E-state index contributed by atoms with van der Waals surface area (Å²) >= 11 is 2.96. The molecule has 0 saturated heterocycles. The van der Waals surface area contributed by atoms with Gasteiger partial charge in [-0.15, -0.1) is 0 Å². The number of Topliss-reactive ketones (excluding diaryl/α,β-unsaturated/α-hetero) is 1. The van der Waals surface area contributed by atoms with Crippen LogP contribution in [0.15, 0.2) is 16.7 Å². The van der Waals surface area contributed by atoms with E-state index in [9.17, 15) is 14.0 Å². The Morgan fingerprint density at radius 3 is 2.80 bits per heavy atom. The zero-order valence-corrected chi connectivity index (χ0v) is 9.38. The molecule has 0 aliphatic heterocycles. The maximum absolute atomic E-state index is 13.1. The molecule has 0 aromatic carbocycles. The molecule has 1 aromatic heterocycles. The van der Waals surface area contributed by atoms with Gasteiger partial charge in [-0.05, 0) is 28.9 Å². The van der Waals surface area contributed by atoms with E-state index in [-0.39, 0.29) is 11.1 Å². The molecule has 0 spiro atoms. The van der Waals surface area contributed by atoms with Crippen molar-refractivity contribution in [2.75, 3.05) is 6.61 Å². The van der Waals surface area contributed by atoms with Crippen molar-refractivity contribution < 1.29 is 18.7 Å². The third-order valence-corrected chi connectivity index (χ3v) is 2.20. The highest BCUT2D eigenvalue weighted by molar-refractivity contribution is 9.10. The molecule has 0 radical (unpaired) electrons. The smallest absolute Gasteiger partial charge is 0.379 e. The lowest BCUT2D eigenvalue weighted by Gasteiger charge is -2.03. The second-order valence-electron chi connectivity index (χ2n) is 2.51. The summed E-state index contributed by atoms with van der Waals surface area (Å²) in [5, 5.41) is 0. The van der Waals surface area contributed by atoms with Gasteiger partial charge < -0.3 is 4.74 Å². The molecule has 1 heterocycles. The molecular weight excluding hydrogens is 269 g/mol. The average Bonchev–Trinajstić information content (AvgIpc) is 2.17. The van der Waals surface area contributed by atoms with E-state index < -0.39 is 23.3 Å². The summed E-state index contributed by atoms with van der Waals surface area (Å²) in [4.78, 5) is 25.7. The molecule has 0 aliphatic carbocycles. The minimum atomic E-state index is -1.09. The lowest BCUT2D eigenvalue weighted by Crippen LogP contribution is -2.19. The lowest BCUT2D eigenvalue weighted by atomic mass is 10.2. The molecule has 0 bridgehead atoms. The lowest BCUT2D eigenvalue weighted by molar-refractivity contribution is -0.137. The summed E-state index contributed by atoms with van der Waals surface area (Å²) in [6.07, 6.45) is 1.18. The summed E-state index contributed by atoms with van der Waals surface area (Å²) in [6, 6.07) is 1.37. The monoisotopic (exact) mass is 275 g/mol. The van der Waals surface area contributed by atoms with Gasteiger partial charge in [-0.1, -0.05) is 0 Å². The second kappa shape index (κ2) is 4.97. The number of aromatic nitrogens is 1. The van der Waals surface area contributed by atoms with E-state index >= 15 is 0 Å². The predicted molar refractivity (Wildman–Crippen MR) is 52.9 cm³/mol. The molecule has 0 saturated carbocycles. The predicted octanol–water partition coefficient (Wildman–Crippen LogP) is 1.73. The molecule has 6 heteroatoms. The molecule has 4 nitrogen and oxygen atoms in total. The van der Waals surface area contributed by atoms with Crippen molar-refractivity contribution >= 4 is 27.7 Å². The van der Waals surface area contributed by atoms with Crippen LogP contribution in [0.2, 0.25) is 0 Å². The van der Waals surface area contributed by atoms with E-state index in [2.05, 4.69) is 25.7 Å². The average molecular weight is 276 g/mol. The van der Waals surface area contributed by atoms with Crippen molar-refractivity contribution in [1.82, 2.24) is 4.98 Å². The number of carbonyl (C=O) groups is 2. The van der Waals surface area contributed by atoms with E-state index in [1.54, 1.807) is 6.92 Å². The number of rotatable bonds is 3. The fraction of sp³-hybridized carbons (Fsp3) is 0.222. The first kappa shape index (κ1) is 11.8.